The van der Waals surface area contributed by atoms with Crippen LogP contribution in [-0.4, -0.2) is 17.7 Å². The zero-order chi connectivity index (χ0) is 24.4. The van der Waals surface area contributed by atoms with E-state index in [4.69, 9.17) is 0 Å². The van der Waals surface area contributed by atoms with Crippen molar-refractivity contribution in [1.82, 2.24) is 0 Å². The van der Waals surface area contributed by atoms with Gasteiger partial charge in [0.05, 0.1) is 0 Å². The monoisotopic (exact) mass is 457 g/mol. The molecule has 184 valence electrons. The van der Waals surface area contributed by atoms with Crippen molar-refractivity contribution in [1.29, 1.82) is 0 Å². The van der Waals surface area contributed by atoms with Gasteiger partial charge in [0.25, 0.3) is 0 Å². The van der Waals surface area contributed by atoms with Crippen molar-refractivity contribution in [2.24, 2.45) is 17.3 Å². The van der Waals surface area contributed by atoms with Gasteiger partial charge in [-0.25, -0.2) is 0 Å². The predicted octanol–water partition coefficient (Wildman–Crippen LogP) is 6.74. The summed E-state index contributed by atoms with van der Waals surface area (Å²) in [5.41, 5.74) is 2.03. The lowest BCUT2D eigenvalue weighted by Gasteiger charge is -2.36. The maximum atomic E-state index is 13.0. The Kier molecular flexibility index (Phi) is 10.4. The summed E-state index contributed by atoms with van der Waals surface area (Å²) in [5.74, 6) is 0.524. The van der Waals surface area contributed by atoms with Gasteiger partial charge in [-0.2, -0.15) is 0 Å². The van der Waals surface area contributed by atoms with Gasteiger partial charge in [0, 0.05) is 35.8 Å². The van der Waals surface area contributed by atoms with Gasteiger partial charge in [-0.15, -0.1) is 0 Å². The average Bonchev–Trinajstić information content (AvgIpc) is 2.75. The lowest BCUT2D eigenvalue weighted by molar-refractivity contribution is -0.121. The number of unbranched alkanes of at least 4 members (excludes halogenated alkanes) is 2. The van der Waals surface area contributed by atoms with E-state index in [0.29, 0.717) is 35.8 Å². The van der Waals surface area contributed by atoms with Crippen LogP contribution in [0.5, 0.6) is 0 Å². The molecule has 6 nitrogen and oxygen atoms in total. The number of hydrogen-bond donors (Lipinski definition) is 3. The van der Waals surface area contributed by atoms with E-state index in [0.717, 1.165) is 51.4 Å². The van der Waals surface area contributed by atoms with Crippen molar-refractivity contribution in [3.05, 3.63) is 18.2 Å². The van der Waals surface area contributed by atoms with Gasteiger partial charge >= 0.3 is 0 Å². The molecule has 0 bridgehead atoms. The van der Waals surface area contributed by atoms with Crippen molar-refractivity contribution in [3.63, 3.8) is 0 Å². The van der Waals surface area contributed by atoms with Crippen LogP contribution in [-0.2, 0) is 14.4 Å². The molecule has 1 aromatic rings. The molecule has 1 aromatic carbocycles. The zero-order valence-corrected chi connectivity index (χ0v) is 21.2. The first-order chi connectivity index (χ1) is 15.6. The topological polar surface area (TPSA) is 87.3 Å². The third-order valence-corrected chi connectivity index (χ3v) is 6.61. The molecule has 3 N–H and O–H groups in total. The Labute approximate surface area is 199 Å². The van der Waals surface area contributed by atoms with Gasteiger partial charge in [0.2, 0.25) is 17.7 Å². The lowest BCUT2D eigenvalue weighted by Crippen LogP contribution is -2.31. The van der Waals surface area contributed by atoms with Gasteiger partial charge in [0.1, 0.15) is 0 Å². The minimum Gasteiger partial charge on any atom is -0.326 e. The Morgan fingerprint density at radius 2 is 1.18 bits per heavy atom. The highest BCUT2D eigenvalue weighted by atomic mass is 16.2. The van der Waals surface area contributed by atoms with E-state index >= 15 is 0 Å². The third-order valence-electron chi connectivity index (χ3n) is 6.61. The second-order valence-electron chi connectivity index (χ2n) is 10.5. The minimum atomic E-state index is -0.0657. The number of carbonyl (C=O) groups is 3. The number of rotatable bonds is 10. The van der Waals surface area contributed by atoms with Gasteiger partial charge < -0.3 is 16.0 Å². The van der Waals surface area contributed by atoms with Crippen molar-refractivity contribution < 1.29 is 14.4 Å². The number of amides is 3. The summed E-state index contributed by atoms with van der Waals surface area (Å²) in [6.07, 6.45) is 8.33. The molecule has 1 fully saturated rings. The average molecular weight is 458 g/mol. The molecule has 2 rings (SSSR count). The molecule has 0 spiro atoms. The van der Waals surface area contributed by atoms with E-state index in [1.165, 1.54) is 0 Å². The molecule has 0 heterocycles. The Morgan fingerprint density at radius 3 is 1.58 bits per heavy atom. The number of carbonyl (C=O) groups excluding carboxylic acids is 3. The van der Waals surface area contributed by atoms with Crippen LogP contribution < -0.4 is 16.0 Å². The first kappa shape index (κ1) is 26.9. The van der Waals surface area contributed by atoms with Gasteiger partial charge in [0.15, 0.2) is 0 Å². The Balaban J connectivity index is 2.10. The Hall–Kier alpha value is -2.37. The molecule has 0 atom stereocenters. The summed E-state index contributed by atoms with van der Waals surface area (Å²) in [4.78, 5) is 37.5. The normalized spacial score (nSPS) is 18.5. The van der Waals surface area contributed by atoms with Crippen LogP contribution in [0.3, 0.4) is 0 Å². The molecule has 0 aromatic heterocycles. The highest BCUT2D eigenvalue weighted by Gasteiger charge is 2.32. The maximum absolute atomic E-state index is 13.0. The van der Waals surface area contributed by atoms with Crippen molar-refractivity contribution in [2.45, 2.75) is 98.8 Å². The standard InChI is InChI=1S/C27H43N3O3/c1-6-8-10-24(31)28-21-16-22(29-25(32)11-9-7-2)18-23(17-21)30-26(33)19-12-14-20(15-13-19)27(3,4)5/h16-20H,6-15H2,1-5H3,(H,28,31)(H,29,32)(H,30,33)/t19-,20+. The predicted molar refractivity (Wildman–Crippen MR) is 136 cm³/mol. The van der Waals surface area contributed by atoms with Crippen LogP contribution in [0.25, 0.3) is 0 Å². The van der Waals surface area contributed by atoms with Gasteiger partial charge in [-0.05, 0) is 68.1 Å². The third kappa shape index (κ3) is 9.18. The van der Waals surface area contributed by atoms with Crippen molar-refractivity contribution in [3.8, 4) is 0 Å². The van der Waals surface area contributed by atoms with Crippen LogP contribution in [0.15, 0.2) is 18.2 Å². The van der Waals surface area contributed by atoms with E-state index in [1.54, 1.807) is 18.2 Å². The molecule has 0 radical (unpaired) electrons. The number of benzene rings is 1. The molecule has 33 heavy (non-hydrogen) atoms. The molecule has 0 saturated heterocycles. The second kappa shape index (κ2) is 12.8. The fourth-order valence-electron chi connectivity index (χ4n) is 4.43. The summed E-state index contributed by atoms with van der Waals surface area (Å²) in [6.45, 7) is 10.9. The summed E-state index contributed by atoms with van der Waals surface area (Å²) in [5, 5.41) is 8.85. The number of hydrogen-bond acceptors (Lipinski definition) is 3. The molecule has 0 aliphatic heterocycles. The van der Waals surface area contributed by atoms with Crippen LogP contribution in [0.4, 0.5) is 17.1 Å². The van der Waals surface area contributed by atoms with E-state index in [9.17, 15) is 14.4 Å². The molecule has 0 unspecified atom stereocenters. The number of nitrogens with one attached hydrogen (secondary N) is 3. The quantitative estimate of drug-likeness (QED) is 0.364. The summed E-state index contributed by atoms with van der Waals surface area (Å²) in [7, 11) is 0. The molecule has 1 saturated carbocycles. The van der Waals surface area contributed by atoms with E-state index in [1.807, 2.05) is 13.8 Å². The second-order valence-corrected chi connectivity index (χ2v) is 10.5. The SMILES string of the molecule is CCCCC(=O)Nc1cc(NC(=O)CCCC)cc(NC(=O)[C@H]2CC[C@@H](C(C)(C)C)CC2)c1. The highest BCUT2D eigenvalue weighted by molar-refractivity contribution is 5.98. The largest absolute Gasteiger partial charge is 0.326 e. The first-order valence-electron chi connectivity index (χ1n) is 12.7. The highest BCUT2D eigenvalue weighted by Crippen LogP contribution is 2.40. The van der Waals surface area contributed by atoms with Crippen molar-refractivity contribution in [2.75, 3.05) is 16.0 Å². The fourth-order valence-corrected chi connectivity index (χ4v) is 4.43. The lowest BCUT2D eigenvalue weighted by atomic mass is 9.69. The molecule has 6 heteroatoms. The van der Waals surface area contributed by atoms with E-state index in [2.05, 4.69) is 36.7 Å². The molecular formula is C27H43N3O3. The zero-order valence-electron chi connectivity index (χ0n) is 21.2. The molecule has 1 aliphatic carbocycles. The van der Waals surface area contributed by atoms with Crippen LogP contribution in [0.2, 0.25) is 0 Å². The van der Waals surface area contributed by atoms with Crippen LogP contribution >= 0.6 is 0 Å². The van der Waals surface area contributed by atoms with E-state index in [-0.39, 0.29) is 29.1 Å². The minimum absolute atomic E-state index is 0.00556. The molecule has 1 aliphatic rings. The maximum Gasteiger partial charge on any atom is 0.227 e. The Bertz CT molecular complexity index is 765. The summed E-state index contributed by atoms with van der Waals surface area (Å²) < 4.78 is 0. The molecular weight excluding hydrogens is 414 g/mol. The molecule has 3 amide bonds. The number of anilines is 3. The fraction of sp³-hybridized carbons (Fsp3) is 0.667. The van der Waals surface area contributed by atoms with Crippen LogP contribution in [0.1, 0.15) is 98.8 Å². The van der Waals surface area contributed by atoms with Crippen molar-refractivity contribution >= 4 is 34.8 Å². The summed E-state index contributed by atoms with van der Waals surface area (Å²) in [6, 6.07) is 5.28. The Morgan fingerprint density at radius 1 is 0.758 bits per heavy atom. The summed E-state index contributed by atoms with van der Waals surface area (Å²) >= 11 is 0. The van der Waals surface area contributed by atoms with Gasteiger partial charge in [-0.1, -0.05) is 47.5 Å². The van der Waals surface area contributed by atoms with E-state index < -0.39 is 0 Å². The van der Waals surface area contributed by atoms with Gasteiger partial charge in [-0.3, -0.25) is 14.4 Å². The first-order valence-corrected chi connectivity index (χ1v) is 12.7. The van der Waals surface area contributed by atoms with Crippen LogP contribution in [0, 0.1) is 17.3 Å². The smallest absolute Gasteiger partial charge is 0.227 e.